The highest BCUT2D eigenvalue weighted by molar-refractivity contribution is 7.84. The molecule has 0 aromatic heterocycles. The molecule has 96 valence electrons. The molecule has 2 N–H and O–H groups in total. The Morgan fingerprint density at radius 1 is 1.31 bits per heavy atom. The molecule has 0 aromatic rings. The van der Waals surface area contributed by atoms with Gasteiger partial charge in [-0.1, -0.05) is 13.8 Å². The Balaban J connectivity index is 3.54. The Morgan fingerprint density at radius 2 is 1.94 bits per heavy atom. The molecule has 0 bridgehead atoms. The van der Waals surface area contributed by atoms with Crippen molar-refractivity contribution in [1.29, 1.82) is 0 Å². The third kappa shape index (κ3) is 10.1. The summed E-state index contributed by atoms with van der Waals surface area (Å²) in [5.74, 6) is 0.569. The fourth-order valence-electron chi connectivity index (χ4n) is 1.38. The van der Waals surface area contributed by atoms with Gasteiger partial charge in [-0.25, -0.2) is 0 Å². The first-order valence-corrected chi connectivity index (χ1v) is 7.47. The Morgan fingerprint density at radius 3 is 2.44 bits per heavy atom. The molecule has 0 rings (SSSR count). The summed E-state index contributed by atoms with van der Waals surface area (Å²) in [6, 6.07) is 0.459. The number of rotatable bonds is 8. The topological polar surface area (TPSA) is 58.2 Å². The van der Waals surface area contributed by atoms with E-state index in [0.29, 0.717) is 18.2 Å². The highest BCUT2D eigenvalue weighted by Crippen LogP contribution is 1.92. The highest BCUT2D eigenvalue weighted by atomic mass is 32.2. The van der Waals surface area contributed by atoms with Crippen LogP contribution >= 0.6 is 0 Å². The van der Waals surface area contributed by atoms with Crippen molar-refractivity contribution in [1.82, 2.24) is 10.6 Å². The van der Waals surface area contributed by atoms with Gasteiger partial charge in [0, 0.05) is 41.3 Å². The second kappa shape index (κ2) is 8.70. The van der Waals surface area contributed by atoms with Crippen LogP contribution < -0.4 is 10.6 Å². The van der Waals surface area contributed by atoms with Crippen LogP contribution in [0.1, 0.15) is 33.6 Å². The number of nitrogens with one attached hydrogen (secondary N) is 2. The van der Waals surface area contributed by atoms with Gasteiger partial charge in [-0.15, -0.1) is 0 Å². The fraction of sp³-hybridized carbons (Fsp3) is 0.909. The predicted molar refractivity (Wildman–Crippen MR) is 68.9 cm³/mol. The lowest BCUT2D eigenvalue weighted by atomic mass is 10.2. The number of carbonyl (C=O) groups is 1. The zero-order valence-electron chi connectivity index (χ0n) is 10.7. The van der Waals surface area contributed by atoms with E-state index in [-0.39, 0.29) is 11.9 Å². The zero-order valence-corrected chi connectivity index (χ0v) is 11.5. The number of hydrogen-bond acceptors (Lipinski definition) is 3. The maximum atomic E-state index is 11.4. The molecule has 0 saturated carbocycles. The molecule has 0 aromatic carbocycles. The van der Waals surface area contributed by atoms with E-state index >= 15 is 0 Å². The van der Waals surface area contributed by atoms with Gasteiger partial charge in [0.1, 0.15) is 0 Å². The zero-order chi connectivity index (χ0) is 12.6. The van der Waals surface area contributed by atoms with Crippen LogP contribution in [0.4, 0.5) is 0 Å². The first kappa shape index (κ1) is 15.6. The molecule has 0 spiro atoms. The van der Waals surface area contributed by atoms with Crippen molar-refractivity contribution in [3.05, 3.63) is 0 Å². The van der Waals surface area contributed by atoms with Crippen molar-refractivity contribution in [2.75, 3.05) is 18.6 Å². The minimum absolute atomic E-state index is 0.00334. The van der Waals surface area contributed by atoms with E-state index < -0.39 is 10.8 Å². The molecule has 2 unspecified atom stereocenters. The first-order chi connectivity index (χ1) is 7.41. The second-order valence-electron chi connectivity index (χ2n) is 4.42. The monoisotopic (exact) mass is 248 g/mol. The lowest BCUT2D eigenvalue weighted by Crippen LogP contribution is -2.36. The van der Waals surface area contributed by atoms with Crippen molar-refractivity contribution in [3.63, 3.8) is 0 Å². The fourth-order valence-corrected chi connectivity index (χ4v) is 2.17. The third-order valence-corrected chi connectivity index (χ3v) is 2.99. The minimum atomic E-state index is -0.853. The molecule has 1 amide bonds. The molecule has 0 aliphatic rings. The summed E-state index contributed by atoms with van der Waals surface area (Å²) < 4.78 is 10.9. The van der Waals surface area contributed by atoms with Crippen LogP contribution in [0.2, 0.25) is 0 Å². The smallest absolute Gasteiger partial charge is 0.220 e. The van der Waals surface area contributed by atoms with E-state index in [1.165, 1.54) is 0 Å². The Kier molecular flexibility index (Phi) is 8.47. The largest absolute Gasteiger partial charge is 0.353 e. The standard InChI is InChI=1S/C11H24N2O2S/c1-9(2)12-7-5-6-11(14)13-10(3)8-16(4)15/h9-10,12H,5-8H2,1-4H3,(H,13,14). The van der Waals surface area contributed by atoms with Gasteiger partial charge in [0.25, 0.3) is 0 Å². The van der Waals surface area contributed by atoms with Gasteiger partial charge >= 0.3 is 0 Å². The Labute approximate surface area is 101 Å². The van der Waals surface area contributed by atoms with Crippen LogP contribution in [0.3, 0.4) is 0 Å². The molecule has 2 atom stereocenters. The normalized spacial score (nSPS) is 14.8. The average Bonchev–Trinajstić information content (AvgIpc) is 2.10. The molecule has 0 saturated heterocycles. The number of carbonyl (C=O) groups excluding carboxylic acids is 1. The van der Waals surface area contributed by atoms with Gasteiger partial charge in [-0.3, -0.25) is 9.00 Å². The van der Waals surface area contributed by atoms with Gasteiger partial charge in [-0.05, 0) is 19.9 Å². The van der Waals surface area contributed by atoms with Crippen LogP contribution in [-0.4, -0.2) is 40.8 Å². The summed E-state index contributed by atoms with van der Waals surface area (Å²) in [5, 5.41) is 6.10. The van der Waals surface area contributed by atoms with E-state index in [4.69, 9.17) is 0 Å². The SMILES string of the molecule is CC(C)NCCCC(=O)NC(C)CS(C)=O. The first-order valence-electron chi connectivity index (χ1n) is 5.74. The van der Waals surface area contributed by atoms with Crippen molar-refractivity contribution in [2.45, 2.75) is 45.7 Å². The molecule has 0 aliphatic heterocycles. The van der Waals surface area contributed by atoms with Crippen molar-refractivity contribution < 1.29 is 9.00 Å². The second-order valence-corrected chi connectivity index (χ2v) is 5.90. The van der Waals surface area contributed by atoms with Gasteiger partial charge in [-0.2, -0.15) is 0 Å². The van der Waals surface area contributed by atoms with Gasteiger partial charge in [0.15, 0.2) is 0 Å². The van der Waals surface area contributed by atoms with E-state index in [0.717, 1.165) is 13.0 Å². The van der Waals surface area contributed by atoms with Crippen LogP contribution in [0.25, 0.3) is 0 Å². The predicted octanol–water partition coefficient (Wildman–Crippen LogP) is 0.648. The quantitative estimate of drug-likeness (QED) is 0.620. The molecule has 5 heteroatoms. The molecular formula is C11H24N2O2S. The number of hydrogen-bond donors (Lipinski definition) is 2. The summed E-state index contributed by atoms with van der Waals surface area (Å²) in [6.45, 7) is 6.91. The highest BCUT2D eigenvalue weighted by Gasteiger charge is 2.08. The molecule has 0 heterocycles. The lowest BCUT2D eigenvalue weighted by Gasteiger charge is -2.12. The van der Waals surface area contributed by atoms with E-state index in [1.54, 1.807) is 6.26 Å². The van der Waals surface area contributed by atoms with Crippen LogP contribution in [0, 0.1) is 0 Å². The van der Waals surface area contributed by atoms with Gasteiger partial charge in [0.2, 0.25) is 5.91 Å². The van der Waals surface area contributed by atoms with Gasteiger partial charge in [0.05, 0.1) is 0 Å². The molecule has 4 nitrogen and oxygen atoms in total. The number of amides is 1. The summed E-state index contributed by atoms with van der Waals surface area (Å²) in [5.41, 5.74) is 0. The molecule has 0 aliphatic carbocycles. The average molecular weight is 248 g/mol. The third-order valence-electron chi connectivity index (χ3n) is 2.03. The lowest BCUT2D eigenvalue weighted by molar-refractivity contribution is -0.121. The maximum Gasteiger partial charge on any atom is 0.220 e. The van der Waals surface area contributed by atoms with Crippen LogP contribution in [-0.2, 0) is 15.6 Å². The molecule has 16 heavy (non-hydrogen) atoms. The summed E-state index contributed by atoms with van der Waals surface area (Å²) >= 11 is 0. The van der Waals surface area contributed by atoms with Crippen molar-refractivity contribution >= 4 is 16.7 Å². The maximum absolute atomic E-state index is 11.4. The minimum Gasteiger partial charge on any atom is -0.353 e. The molecule has 0 radical (unpaired) electrons. The Hall–Kier alpha value is -0.420. The molecule has 0 fully saturated rings. The Bertz CT molecular complexity index is 232. The van der Waals surface area contributed by atoms with Crippen molar-refractivity contribution in [2.24, 2.45) is 0 Å². The van der Waals surface area contributed by atoms with Gasteiger partial charge < -0.3 is 10.6 Å². The summed E-state index contributed by atoms with van der Waals surface area (Å²) in [7, 11) is -0.853. The van der Waals surface area contributed by atoms with E-state index in [1.807, 2.05) is 6.92 Å². The molecular weight excluding hydrogens is 224 g/mol. The van der Waals surface area contributed by atoms with E-state index in [2.05, 4.69) is 24.5 Å². The van der Waals surface area contributed by atoms with E-state index in [9.17, 15) is 9.00 Å². The van der Waals surface area contributed by atoms with Crippen LogP contribution in [0.5, 0.6) is 0 Å². The summed E-state index contributed by atoms with van der Waals surface area (Å²) in [4.78, 5) is 11.4. The van der Waals surface area contributed by atoms with Crippen molar-refractivity contribution in [3.8, 4) is 0 Å². The van der Waals surface area contributed by atoms with Crippen LogP contribution in [0.15, 0.2) is 0 Å². The summed E-state index contributed by atoms with van der Waals surface area (Å²) in [6.07, 6.45) is 3.02.